The standard InChI is InChI=1S/C12H23N3O/c1-5-15-10-14-8-11(15)7-13-9-12(3,4)16-6-2/h8,10,13H,5-7,9H2,1-4H3. The Bertz CT molecular complexity index is 307. The van der Waals surface area contributed by atoms with Crippen molar-refractivity contribution in [2.75, 3.05) is 13.2 Å². The maximum Gasteiger partial charge on any atom is 0.0948 e. The van der Waals surface area contributed by atoms with Gasteiger partial charge >= 0.3 is 0 Å². The molecule has 0 spiro atoms. The van der Waals surface area contributed by atoms with Crippen LogP contribution in [0.25, 0.3) is 0 Å². The van der Waals surface area contributed by atoms with Crippen LogP contribution in [0.1, 0.15) is 33.4 Å². The molecule has 92 valence electrons. The van der Waals surface area contributed by atoms with E-state index in [-0.39, 0.29) is 5.60 Å². The molecule has 0 saturated carbocycles. The minimum Gasteiger partial charge on any atom is -0.375 e. The maximum atomic E-state index is 5.62. The second-order valence-electron chi connectivity index (χ2n) is 4.47. The highest BCUT2D eigenvalue weighted by Gasteiger charge is 2.16. The fraction of sp³-hybridized carbons (Fsp3) is 0.750. The summed E-state index contributed by atoms with van der Waals surface area (Å²) in [6.07, 6.45) is 3.77. The van der Waals surface area contributed by atoms with Crippen LogP contribution in [-0.2, 0) is 17.8 Å². The van der Waals surface area contributed by atoms with E-state index >= 15 is 0 Å². The van der Waals surface area contributed by atoms with Crippen molar-refractivity contribution in [3.63, 3.8) is 0 Å². The third kappa shape index (κ3) is 3.94. The molecule has 4 heteroatoms. The Hall–Kier alpha value is -0.870. The van der Waals surface area contributed by atoms with Crippen molar-refractivity contribution in [3.05, 3.63) is 18.2 Å². The minimum absolute atomic E-state index is 0.105. The molecular formula is C12H23N3O. The van der Waals surface area contributed by atoms with Gasteiger partial charge in [0.2, 0.25) is 0 Å². The molecule has 1 N–H and O–H groups in total. The fourth-order valence-corrected chi connectivity index (χ4v) is 1.71. The van der Waals surface area contributed by atoms with Crippen LogP contribution in [0.4, 0.5) is 0 Å². The molecule has 0 saturated heterocycles. The Kier molecular flexibility index (Phi) is 4.96. The van der Waals surface area contributed by atoms with E-state index in [0.29, 0.717) is 0 Å². The predicted molar refractivity (Wildman–Crippen MR) is 65.3 cm³/mol. The van der Waals surface area contributed by atoms with Crippen molar-refractivity contribution in [1.29, 1.82) is 0 Å². The monoisotopic (exact) mass is 225 g/mol. The lowest BCUT2D eigenvalue weighted by Crippen LogP contribution is -2.37. The summed E-state index contributed by atoms with van der Waals surface area (Å²) < 4.78 is 7.76. The van der Waals surface area contributed by atoms with Crippen molar-refractivity contribution in [1.82, 2.24) is 14.9 Å². The topological polar surface area (TPSA) is 39.1 Å². The Morgan fingerprint density at radius 2 is 2.19 bits per heavy atom. The van der Waals surface area contributed by atoms with Crippen LogP contribution in [0, 0.1) is 0 Å². The third-order valence-electron chi connectivity index (χ3n) is 2.53. The molecule has 1 heterocycles. The zero-order chi connectivity index (χ0) is 12.0. The molecule has 0 amide bonds. The van der Waals surface area contributed by atoms with Crippen molar-refractivity contribution in [3.8, 4) is 0 Å². The first-order chi connectivity index (χ1) is 7.59. The molecule has 0 aliphatic heterocycles. The van der Waals surface area contributed by atoms with Crippen LogP contribution in [0.2, 0.25) is 0 Å². The van der Waals surface area contributed by atoms with Gasteiger partial charge in [-0.1, -0.05) is 0 Å². The van der Waals surface area contributed by atoms with Crippen molar-refractivity contribution in [2.24, 2.45) is 0 Å². The zero-order valence-electron chi connectivity index (χ0n) is 10.8. The quantitative estimate of drug-likeness (QED) is 0.769. The summed E-state index contributed by atoms with van der Waals surface area (Å²) in [6.45, 7) is 11.7. The molecule has 0 aromatic carbocycles. The summed E-state index contributed by atoms with van der Waals surface area (Å²) >= 11 is 0. The third-order valence-corrected chi connectivity index (χ3v) is 2.53. The smallest absolute Gasteiger partial charge is 0.0948 e. The van der Waals surface area contributed by atoms with Gasteiger partial charge in [-0.2, -0.15) is 0 Å². The lowest BCUT2D eigenvalue weighted by molar-refractivity contribution is -0.00905. The second-order valence-corrected chi connectivity index (χ2v) is 4.47. The highest BCUT2D eigenvalue weighted by atomic mass is 16.5. The Labute approximate surface area is 98.0 Å². The summed E-state index contributed by atoms with van der Waals surface area (Å²) in [5, 5.41) is 3.40. The molecule has 0 radical (unpaired) electrons. The van der Waals surface area contributed by atoms with Gasteiger partial charge in [-0.25, -0.2) is 4.98 Å². The Morgan fingerprint density at radius 3 is 2.81 bits per heavy atom. The van der Waals surface area contributed by atoms with Crippen LogP contribution < -0.4 is 5.32 Å². The number of hydrogen-bond acceptors (Lipinski definition) is 3. The molecule has 0 aliphatic carbocycles. The van der Waals surface area contributed by atoms with Crippen LogP contribution in [0.5, 0.6) is 0 Å². The highest BCUT2D eigenvalue weighted by Crippen LogP contribution is 2.07. The number of nitrogens with one attached hydrogen (secondary N) is 1. The summed E-state index contributed by atoms with van der Waals surface area (Å²) in [7, 11) is 0. The average Bonchev–Trinajstić information content (AvgIpc) is 2.64. The number of aromatic nitrogens is 2. The predicted octanol–water partition coefficient (Wildman–Crippen LogP) is 1.81. The zero-order valence-corrected chi connectivity index (χ0v) is 10.8. The van der Waals surface area contributed by atoms with Gasteiger partial charge in [0.25, 0.3) is 0 Å². The van der Waals surface area contributed by atoms with Crippen LogP contribution in [0.15, 0.2) is 12.5 Å². The van der Waals surface area contributed by atoms with Crippen molar-refractivity contribution >= 4 is 0 Å². The van der Waals surface area contributed by atoms with Gasteiger partial charge in [0.15, 0.2) is 0 Å². The minimum atomic E-state index is -0.105. The van der Waals surface area contributed by atoms with Crippen LogP contribution in [-0.4, -0.2) is 28.3 Å². The SMILES string of the molecule is CCOC(C)(C)CNCc1cncn1CC. The van der Waals surface area contributed by atoms with E-state index in [9.17, 15) is 0 Å². The van der Waals surface area contributed by atoms with Crippen LogP contribution in [0.3, 0.4) is 0 Å². The molecule has 1 aromatic rings. The van der Waals surface area contributed by atoms with E-state index in [1.807, 2.05) is 19.4 Å². The summed E-state index contributed by atoms with van der Waals surface area (Å²) in [6, 6.07) is 0. The maximum absolute atomic E-state index is 5.62. The number of aryl methyl sites for hydroxylation is 1. The summed E-state index contributed by atoms with van der Waals surface area (Å²) in [5.41, 5.74) is 1.11. The molecule has 1 aromatic heterocycles. The first-order valence-corrected chi connectivity index (χ1v) is 5.92. The normalized spacial score (nSPS) is 12.0. The Morgan fingerprint density at radius 1 is 1.44 bits per heavy atom. The molecule has 4 nitrogen and oxygen atoms in total. The second kappa shape index (κ2) is 6.01. The molecule has 16 heavy (non-hydrogen) atoms. The van der Waals surface area contributed by atoms with E-state index < -0.39 is 0 Å². The van der Waals surface area contributed by atoms with E-state index in [1.165, 1.54) is 5.69 Å². The largest absolute Gasteiger partial charge is 0.375 e. The number of imidazole rings is 1. The summed E-state index contributed by atoms with van der Waals surface area (Å²) in [4.78, 5) is 4.14. The van der Waals surface area contributed by atoms with E-state index in [4.69, 9.17) is 4.74 Å². The van der Waals surface area contributed by atoms with Gasteiger partial charge in [0, 0.05) is 32.4 Å². The van der Waals surface area contributed by atoms with Gasteiger partial charge in [-0.3, -0.25) is 0 Å². The average molecular weight is 225 g/mol. The van der Waals surface area contributed by atoms with Crippen molar-refractivity contribution in [2.45, 2.75) is 46.4 Å². The van der Waals surface area contributed by atoms with E-state index in [1.54, 1.807) is 0 Å². The van der Waals surface area contributed by atoms with Crippen molar-refractivity contribution < 1.29 is 4.74 Å². The summed E-state index contributed by atoms with van der Waals surface area (Å²) in [5.74, 6) is 0. The lowest BCUT2D eigenvalue weighted by Gasteiger charge is -2.25. The van der Waals surface area contributed by atoms with Gasteiger partial charge in [-0.15, -0.1) is 0 Å². The number of nitrogens with zero attached hydrogens (tertiary/aromatic N) is 2. The first-order valence-electron chi connectivity index (χ1n) is 5.92. The van der Waals surface area contributed by atoms with E-state index in [2.05, 4.69) is 35.6 Å². The molecule has 1 rings (SSSR count). The van der Waals surface area contributed by atoms with Gasteiger partial charge in [0.1, 0.15) is 0 Å². The highest BCUT2D eigenvalue weighted by molar-refractivity contribution is 4.97. The van der Waals surface area contributed by atoms with Crippen LogP contribution >= 0.6 is 0 Å². The molecule has 0 unspecified atom stereocenters. The number of ether oxygens (including phenoxy) is 1. The lowest BCUT2D eigenvalue weighted by atomic mass is 10.1. The number of rotatable bonds is 7. The molecular weight excluding hydrogens is 202 g/mol. The fourth-order valence-electron chi connectivity index (χ4n) is 1.71. The molecule has 0 aliphatic rings. The van der Waals surface area contributed by atoms with Gasteiger partial charge < -0.3 is 14.6 Å². The van der Waals surface area contributed by atoms with Gasteiger partial charge in [-0.05, 0) is 27.7 Å². The molecule has 0 bridgehead atoms. The van der Waals surface area contributed by atoms with Gasteiger partial charge in [0.05, 0.1) is 17.6 Å². The van der Waals surface area contributed by atoms with E-state index in [0.717, 1.165) is 26.2 Å². The molecule has 0 fully saturated rings. The Balaban J connectivity index is 2.35. The number of hydrogen-bond donors (Lipinski definition) is 1. The molecule has 0 atom stereocenters. The first kappa shape index (κ1) is 13.2.